The van der Waals surface area contributed by atoms with E-state index in [1.165, 1.54) is 5.57 Å². The molecule has 45 heavy (non-hydrogen) atoms. The van der Waals surface area contributed by atoms with Crippen LogP contribution in [-0.4, -0.2) is 24.5 Å². The monoisotopic (exact) mass is 608 g/mol. The summed E-state index contributed by atoms with van der Waals surface area (Å²) in [5.41, 5.74) is 14.4. The van der Waals surface area contributed by atoms with Crippen molar-refractivity contribution in [3.8, 4) is 6.07 Å². The van der Waals surface area contributed by atoms with Gasteiger partial charge in [0.15, 0.2) is 0 Å². The number of nitriles is 1. The highest BCUT2D eigenvalue weighted by Gasteiger charge is 2.16. The van der Waals surface area contributed by atoms with Gasteiger partial charge in [-0.2, -0.15) is 5.26 Å². The molecule has 0 heterocycles. The SMILES string of the molecule is C=C(C)CC.C=C(NC(C(=C)C)c1ccc(C(=C)C#N)cc1)/C(C)=C/C(=NC(C)=NC)C(=O)NCc1ccc(C)c(N)c1.CC. The number of amides is 1. The van der Waals surface area contributed by atoms with Crippen molar-refractivity contribution >= 4 is 28.7 Å². The number of hydrogen-bond donors (Lipinski definition) is 3. The summed E-state index contributed by atoms with van der Waals surface area (Å²) in [6.45, 7) is 31.6. The molecule has 1 unspecified atom stereocenters. The molecule has 0 saturated heterocycles. The van der Waals surface area contributed by atoms with Gasteiger partial charge >= 0.3 is 0 Å². The van der Waals surface area contributed by atoms with Crippen molar-refractivity contribution in [3.05, 3.63) is 120 Å². The van der Waals surface area contributed by atoms with E-state index in [0.29, 0.717) is 29.3 Å². The molecule has 0 aliphatic carbocycles. The number of nitrogens with one attached hydrogen (secondary N) is 2. The number of nitrogens with zero attached hydrogens (tertiary/aromatic N) is 3. The number of aryl methyl sites for hydroxylation is 1. The third-order valence-electron chi connectivity index (χ3n) is 6.61. The molecule has 2 rings (SSSR count). The van der Waals surface area contributed by atoms with Gasteiger partial charge < -0.3 is 16.4 Å². The summed E-state index contributed by atoms with van der Waals surface area (Å²) >= 11 is 0. The van der Waals surface area contributed by atoms with Crippen molar-refractivity contribution < 1.29 is 4.79 Å². The summed E-state index contributed by atoms with van der Waals surface area (Å²) in [7, 11) is 1.62. The minimum absolute atomic E-state index is 0.208. The van der Waals surface area contributed by atoms with E-state index in [0.717, 1.165) is 39.8 Å². The van der Waals surface area contributed by atoms with Gasteiger partial charge in [0.2, 0.25) is 0 Å². The van der Waals surface area contributed by atoms with Crippen LogP contribution >= 0.6 is 0 Å². The molecule has 1 amide bonds. The number of carbonyl (C=O) groups excluding carboxylic acids is 1. The average molecular weight is 609 g/mol. The van der Waals surface area contributed by atoms with Crippen LogP contribution in [0.1, 0.15) is 83.2 Å². The third kappa shape index (κ3) is 14.4. The number of aliphatic imine (C=N–C) groups is 2. The van der Waals surface area contributed by atoms with Crippen LogP contribution in [0.25, 0.3) is 5.57 Å². The highest BCUT2D eigenvalue weighted by atomic mass is 16.1. The molecule has 4 N–H and O–H groups in total. The summed E-state index contributed by atoms with van der Waals surface area (Å²) in [6.07, 6.45) is 2.79. The summed E-state index contributed by atoms with van der Waals surface area (Å²) < 4.78 is 0. The molecule has 2 aromatic rings. The van der Waals surface area contributed by atoms with Gasteiger partial charge in [-0.05, 0) is 81.0 Å². The highest BCUT2D eigenvalue weighted by molar-refractivity contribution is 6.45. The van der Waals surface area contributed by atoms with E-state index in [-0.39, 0.29) is 17.7 Å². The van der Waals surface area contributed by atoms with Gasteiger partial charge in [-0.15, -0.1) is 6.58 Å². The first-order valence-corrected chi connectivity index (χ1v) is 15.0. The Labute approximate surface area is 271 Å². The van der Waals surface area contributed by atoms with Crippen LogP contribution in [0.3, 0.4) is 0 Å². The van der Waals surface area contributed by atoms with Gasteiger partial charge in [0, 0.05) is 25.0 Å². The Morgan fingerprint density at radius 3 is 2.09 bits per heavy atom. The van der Waals surface area contributed by atoms with Crippen LogP contribution in [0.15, 0.2) is 107 Å². The molecule has 7 heteroatoms. The molecule has 240 valence electrons. The van der Waals surface area contributed by atoms with Crippen molar-refractivity contribution in [2.75, 3.05) is 12.8 Å². The molecule has 0 aliphatic heterocycles. The first kappa shape index (κ1) is 40.0. The van der Waals surface area contributed by atoms with E-state index in [1.54, 1.807) is 20.0 Å². The first-order valence-electron chi connectivity index (χ1n) is 15.0. The van der Waals surface area contributed by atoms with E-state index < -0.39 is 0 Å². The highest BCUT2D eigenvalue weighted by Crippen LogP contribution is 2.24. The van der Waals surface area contributed by atoms with Crippen molar-refractivity contribution in [2.45, 2.75) is 74.4 Å². The van der Waals surface area contributed by atoms with E-state index in [1.807, 2.05) is 84.0 Å². The maximum Gasteiger partial charge on any atom is 0.270 e. The van der Waals surface area contributed by atoms with Crippen molar-refractivity contribution in [2.24, 2.45) is 9.98 Å². The maximum atomic E-state index is 13.1. The Bertz CT molecular complexity index is 1480. The first-order chi connectivity index (χ1) is 21.2. The lowest BCUT2D eigenvalue weighted by molar-refractivity contribution is -0.114. The normalized spacial score (nSPS) is 11.8. The minimum Gasteiger partial charge on any atom is -0.399 e. The zero-order valence-electron chi connectivity index (χ0n) is 28.8. The van der Waals surface area contributed by atoms with E-state index >= 15 is 0 Å². The van der Waals surface area contributed by atoms with Crippen molar-refractivity contribution in [3.63, 3.8) is 0 Å². The fourth-order valence-electron chi connectivity index (χ4n) is 3.46. The Morgan fingerprint density at radius 1 is 1.04 bits per heavy atom. The molecule has 0 fully saturated rings. The number of carbonyl (C=O) groups is 1. The lowest BCUT2D eigenvalue weighted by Gasteiger charge is -2.23. The Kier molecular flexibility index (Phi) is 18.6. The smallest absolute Gasteiger partial charge is 0.270 e. The number of amidine groups is 1. The van der Waals surface area contributed by atoms with Crippen LogP contribution in [0.4, 0.5) is 5.69 Å². The van der Waals surface area contributed by atoms with E-state index in [4.69, 9.17) is 11.0 Å². The molecule has 1 atom stereocenters. The predicted molar refractivity (Wildman–Crippen MR) is 195 cm³/mol. The zero-order valence-corrected chi connectivity index (χ0v) is 28.8. The maximum absolute atomic E-state index is 13.1. The van der Waals surface area contributed by atoms with Crippen LogP contribution in [0.5, 0.6) is 0 Å². The van der Waals surface area contributed by atoms with E-state index in [2.05, 4.69) is 59.9 Å². The van der Waals surface area contributed by atoms with Gasteiger partial charge in [0.1, 0.15) is 11.5 Å². The van der Waals surface area contributed by atoms with Crippen LogP contribution in [0, 0.1) is 18.3 Å². The summed E-state index contributed by atoms with van der Waals surface area (Å²) in [4.78, 5) is 21.5. The molecular weight excluding hydrogens is 556 g/mol. The number of benzene rings is 2. The second-order valence-electron chi connectivity index (χ2n) is 10.4. The quantitative estimate of drug-likeness (QED) is 0.0591. The second-order valence-corrected chi connectivity index (χ2v) is 10.4. The van der Waals surface area contributed by atoms with Crippen LogP contribution in [0.2, 0.25) is 0 Å². The second kappa shape index (κ2) is 20.9. The number of nitrogen functional groups attached to an aromatic ring is 1. The minimum atomic E-state index is -0.343. The molecule has 0 aromatic heterocycles. The van der Waals surface area contributed by atoms with Crippen LogP contribution < -0.4 is 16.4 Å². The Hall–Kier alpha value is -4.96. The molecule has 2 aromatic carbocycles. The summed E-state index contributed by atoms with van der Waals surface area (Å²) in [5, 5.41) is 15.4. The third-order valence-corrected chi connectivity index (χ3v) is 6.61. The largest absolute Gasteiger partial charge is 0.399 e. The van der Waals surface area contributed by atoms with Crippen molar-refractivity contribution in [1.82, 2.24) is 10.6 Å². The van der Waals surface area contributed by atoms with Gasteiger partial charge in [-0.3, -0.25) is 9.79 Å². The molecule has 7 nitrogen and oxygen atoms in total. The molecular formula is C38H52N6O. The summed E-state index contributed by atoms with van der Waals surface area (Å²) in [5.74, 6) is 0.125. The summed E-state index contributed by atoms with van der Waals surface area (Å²) in [6, 6.07) is 15.1. The van der Waals surface area contributed by atoms with Gasteiger partial charge in [0.25, 0.3) is 5.91 Å². The predicted octanol–water partition coefficient (Wildman–Crippen LogP) is 8.59. The fraction of sp³-hybridized carbons (Fsp3) is 0.316. The van der Waals surface area contributed by atoms with E-state index in [9.17, 15) is 4.79 Å². The standard InChI is InChI=1S/C31H36N6O.C5H10.C2H6/c1-19(2)30(27-13-11-26(12-14-27)22(5)17-32)36-23(6)21(4)15-29(37-24(7)34-8)31(38)35-18-25-10-9-20(3)28(33)16-25;1-4-5(2)3;1-2/h9-16,30,36H,1,5-6,18,33H2,2-4,7-8H3,(H,35,38);2,4H2,1,3H3;1-2H3/b21-15+,34-24?,37-29?;;. The van der Waals surface area contributed by atoms with Crippen molar-refractivity contribution in [1.29, 1.82) is 5.26 Å². The molecule has 0 radical (unpaired) electrons. The average Bonchev–Trinajstić information content (AvgIpc) is 3.04. The van der Waals surface area contributed by atoms with Crippen LogP contribution in [-0.2, 0) is 11.3 Å². The number of rotatable bonds is 11. The Balaban J connectivity index is 0.00000251. The molecule has 0 aliphatic rings. The zero-order chi connectivity index (χ0) is 34.7. The number of allylic oxidation sites excluding steroid dienone is 3. The number of anilines is 1. The molecule has 0 bridgehead atoms. The molecule has 0 spiro atoms. The van der Waals surface area contributed by atoms with Gasteiger partial charge in [-0.25, -0.2) is 4.99 Å². The molecule has 0 saturated carbocycles. The van der Waals surface area contributed by atoms with Gasteiger partial charge in [-0.1, -0.05) is 88.1 Å². The topological polar surface area (TPSA) is 116 Å². The Morgan fingerprint density at radius 2 is 1.62 bits per heavy atom. The lowest BCUT2D eigenvalue weighted by atomic mass is 9.97. The lowest BCUT2D eigenvalue weighted by Crippen LogP contribution is -2.30. The number of hydrogen-bond acceptors (Lipinski definition) is 5. The number of nitrogens with two attached hydrogens (primary N) is 1. The van der Waals surface area contributed by atoms with Gasteiger partial charge in [0.05, 0.1) is 17.7 Å². The fourth-order valence-corrected chi connectivity index (χ4v) is 3.46.